The van der Waals surface area contributed by atoms with Gasteiger partial charge in [-0.15, -0.1) is 11.8 Å². The van der Waals surface area contributed by atoms with Crippen molar-refractivity contribution in [3.63, 3.8) is 0 Å². The highest BCUT2D eigenvalue weighted by Gasteiger charge is 2.25. The highest BCUT2D eigenvalue weighted by molar-refractivity contribution is 8.03. The van der Waals surface area contributed by atoms with Crippen LogP contribution in [0.2, 0.25) is 0 Å². The number of hydrogen-bond donors (Lipinski definition) is 0. The van der Waals surface area contributed by atoms with Crippen LogP contribution in [0.15, 0.2) is 22.6 Å². The molecule has 0 saturated heterocycles. The van der Waals surface area contributed by atoms with E-state index in [9.17, 15) is 0 Å². The molecule has 0 aromatic carbocycles. The third-order valence-corrected chi connectivity index (χ3v) is 3.18. The first-order chi connectivity index (χ1) is 6.57. The summed E-state index contributed by atoms with van der Waals surface area (Å²) in [7, 11) is 0. The molecule has 0 fully saturated rings. The van der Waals surface area contributed by atoms with Crippen LogP contribution in [0.4, 0.5) is 0 Å². The molecule has 0 spiro atoms. The minimum atomic E-state index is 0.314. The average molecular weight is 207 g/mol. The lowest BCUT2D eigenvalue weighted by molar-refractivity contribution is 0.359. The van der Waals surface area contributed by atoms with E-state index in [2.05, 4.69) is 32.9 Å². The molecule has 0 amide bonds. The molecule has 0 radical (unpaired) electrons. The molecule has 0 aromatic heterocycles. The fraction of sp³-hybridized carbons (Fsp3) is 0.583. The van der Waals surface area contributed by atoms with E-state index in [1.807, 2.05) is 11.8 Å². The Labute approximate surface area is 90.9 Å². The lowest BCUT2D eigenvalue weighted by Gasteiger charge is -2.30. The molecule has 0 bridgehead atoms. The Morgan fingerprint density at radius 2 is 2.29 bits per heavy atom. The standard InChI is InChI=1S/C12H17NS/c1-4-14-11-7-10(5-6-13)8-12(2,3)9-11/h5,7H,4,8-9H2,1-3H3/b10-5+. The number of thioether (sulfide) groups is 1. The summed E-state index contributed by atoms with van der Waals surface area (Å²) in [6, 6.07) is 2.12. The van der Waals surface area contributed by atoms with Gasteiger partial charge in [-0.25, -0.2) is 0 Å². The average Bonchev–Trinajstić information content (AvgIpc) is 2.01. The normalized spacial score (nSPS) is 23.0. The first-order valence-electron chi connectivity index (χ1n) is 4.99. The SMILES string of the molecule is CCSC1=C/C(=C\C#N)CC(C)(C)C1. The maximum Gasteiger partial charge on any atom is 0.0914 e. The van der Waals surface area contributed by atoms with E-state index in [1.54, 1.807) is 6.08 Å². The van der Waals surface area contributed by atoms with Crippen LogP contribution in [0, 0.1) is 16.7 Å². The molecule has 0 saturated carbocycles. The van der Waals surface area contributed by atoms with Gasteiger partial charge in [0.05, 0.1) is 6.07 Å². The van der Waals surface area contributed by atoms with Crippen molar-refractivity contribution in [2.75, 3.05) is 5.75 Å². The Balaban J connectivity index is 2.86. The van der Waals surface area contributed by atoms with Crippen LogP contribution in [-0.4, -0.2) is 5.75 Å². The van der Waals surface area contributed by atoms with E-state index in [-0.39, 0.29) is 0 Å². The first kappa shape index (κ1) is 11.4. The number of nitriles is 1. The second-order valence-electron chi connectivity index (χ2n) is 4.41. The first-order valence-corrected chi connectivity index (χ1v) is 5.98. The second-order valence-corrected chi connectivity index (χ2v) is 5.80. The molecule has 0 N–H and O–H groups in total. The van der Waals surface area contributed by atoms with Crippen molar-refractivity contribution in [2.24, 2.45) is 5.41 Å². The Morgan fingerprint density at radius 3 is 2.86 bits per heavy atom. The van der Waals surface area contributed by atoms with Crippen molar-refractivity contribution in [3.05, 3.63) is 22.6 Å². The van der Waals surface area contributed by atoms with Crippen LogP contribution in [0.1, 0.15) is 33.6 Å². The van der Waals surface area contributed by atoms with Gasteiger partial charge >= 0.3 is 0 Å². The summed E-state index contributed by atoms with van der Waals surface area (Å²) in [4.78, 5) is 1.42. The fourth-order valence-corrected chi connectivity index (χ4v) is 2.95. The summed E-state index contributed by atoms with van der Waals surface area (Å²) in [5, 5.41) is 8.64. The molecule has 0 heterocycles. The lowest BCUT2D eigenvalue weighted by atomic mass is 9.78. The third kappa shape index (κ3) is 3.23. The predicted octanol–water partition coefficient (Wildman–Crippen LogP) is 3.89. The van der Waals surface area contributed by atoms with Crippen LogP contribution < -0.4 is 0 Å². The minimum Gasteiger partial charge on any atom is -0.193 e. The maximum absolute atomic E-state index is 8.64. The summed E-state index contributed by atoms with van der Waals surface area (Å²) in [5.74, 6) is 1.11. The summed E-state index contributed by atoms with van der Waals surface area (Å²) >= 11 is 1.89. The molecule has 1 aliphatic carbocycles. The van der Waals surface area contributed by atoms with Gasteiger partial charge in [-0.2, -0.15) is 5.26 Å². The summed E-state index contributed by atoms with van der Waals surface area (Å²) in [5.41, 5.74) is 1.49. The Morgan fingerprint density at radius 1 is 1.57 bits per heavy atom. The van der Waals surface area contributed by atoms with Gasteiger partial charge in [0.15, 0.2) is 0 Å². The van der Waals surface area contributed by atoms with E-state index >= 15 is 0 Å². The largest absolute Gasteiger partial charge is 0.193 e. The number of allylic oxidation sites excluding steroid dienone is 4. The molecule has 76 valence electrons. The quantitative estimate of drug-likeness (QED) is 0.641. The fourth-order valence-electron chi connectivity index (χ4n) is 1.85. The van der Waals surface area contributed by atoms with Crippen LogP contribution in [0.25, 0.3) is 0 Å². The number of rotatable bonds is 2. The van der Waals surface area contributed by atoms with Gasteiger partial charge < -0.3 is 0 Å². The molecule has 14 heavy (non-hydrogen) atoms. The van der Waals surface area contributed by atoms with Crippen LogP contribution >= 0.6 is 11.8 Å². The van der Waals surface area contributed by atoms with E-state index in [0.29, 0.717) is 5.41 Å². The Bertz CT molecular complexity index is 305. The molecular weight excluding hydrogens is 190 g/mol. The zero-order valence-corrected chi connectivity index (χ0v) is 9.95. The van der Waals surface area contributed by atoms with Crippen LogP contribution in [0.3, 0.4) is 0 Å². The number of nitrogens with zero attached hydrogens (tertiary/aromatic N) is 1. The Kier molecular flexibility index (Phi) is 3.83. The van der Waals surface area contributed by atoms with Gasteiger partial charge in [-0.1, -0.05) is 20.8 Å². The van der Waals surface area contributed by atoms with E-state index < -0.39 is 0 Å². The van der Waals surface area contributed by atoms with Gasteiger partial charge in [-0.3, -0.25) is 0 Å². The van der Waals surface area contributed by atoms with Gasteiger partial charge in [0.2, 0.25) is 0 Å². The molecule has 0 aliphatic heterocycles. The summed E-state index contributed by atoms with van der Waals surface area (Å²) < 4.78 is 0. The number of hydrogen-bond acceptors (Lipinski definition) is 2. The van der Waals surface area contributed by atoms with Crippen molar-refractivity contribution in [2.45, 2.75) is 33.6 Å². The second kappa shape index (κ2) is 4.70. The summed E-state index contributed by atoms with van der Waals surface area (Å²) in [6.07, 6.45) is 6.03. The van der Waals surface area contributed by atoms with Crippen LogP contribution in [-0.2, 0) is 0 Å². The van der Waals surface area contributed by atoms with Crippen molar-refractivity contribution >= 4 is 11.8 Å². The highest BCUT2D eigenvalue weighted by Crippen LogP contribution is 2.41. The highest BCUT2D eigenvalue weighted by atomic mass is 32.2. The van der Waals surface area contributed by atoms with E-state index in [0.717, 1.165) is 18.6 Å². The van der Waals surface area contributed by atoms with Gasteiger partial charge in [0.25, 0.3) is 0 Å². The van der Waals surface area contributed by atoms with Crippen molar-refractivity contribution in [3.8, 4) is 6.07 Å². The molecule has 2 heteroatoms. The van der Waals surface area contributed by atoms with Crippen molar-refractivity contribution < 1.29 is 0 Å². The monoisotopic (exact) mass is 207 g/mol. The smallest absolute Gasteiger partial charge is 0.0914 e. The molecule has 0 atom stereocenters. The molecule has 0 aromatic rings. The third-order valence-electron chi connectivity index (χ3n) is 2.26. The minimum absolute atomic E-state index is 0.314. The van der Waals surface area contributed by atoms with Gasteiger partial charge in [0.1, 0.15) is 0 Å². The molecule has 0 unspecified atom stereocenters. The van der Waals surface area contributed by atoms with Gasteiger partial charge in [0, 0.05) is 6.08 Å². The zero-order valence-electron chi connectivity index (χ0n) is 9.13. The topological polar surface area (TPSA) is 23.8 Å². The van der Waals surface area contributed by atoms with E-state index in [1.165, 1.54) is 10.5 Å². The lowest BCUT2D eigenvalue weighted by Crippen LogP contribution is -2.16. The van der Waals surface area contributed by atoms with E-state index in [4.69, 9.17) is 5.26 Å². The molecular formula is C12H17NS. The zero-order chi connectivity index (χ0) is 10.6. The van der Waals surface area contributed by atoms with Crippen molar-refractivity contribution in [1.82, 2.24) is 0 Å². The van der Waals surface area contributed by atoms with Crippen molar-refractivity contribution in [1.29, 1.82) is 5.26 Å². The maximum atomic E-state index is 8.64. The predicted molar refractivity (Wildman–Crippen MR) is 62.9 cm³/mol. The Hall–Kier alpha value is -0.680. The molecule has 1 nitrogen and oxygen atoms in total. The summed E-state index contributed by atoms with van der Waals surface area (Å²) in [6.45, 7) is 6.70. The molecule has 1 aliphatic rings. The molecule has 1 rings (SSSR count). The van der Waals surface area contributed by atoms with Crippen LogP contribution in [0.5, 0.6) is 0 Å². The van der Waals surface area contributed by atoms with Gasteiger partial charge in [-0.05, 0) is 40.6 Å².